The minimum Gasteiger partial charge on any atom is -0.330 e. The molecule has 0 aromatic rings. The normalized spacial score (nSPS) is 13.5. The molecule has 0 aromatic heterocycles. The van der Waals surface area contributed by atoms with Crippen molar-refractivity contribution in [1.82, 2.24) is 4.90 Å². The van der Waals surface area contributed by atoms with Crippen LogP contribution in [0.2, 0.25) is 0 Å². The van der Waals surface area contributed by atoms with E-state index in [1.807, 2.05) is 6.08 Å². The largest absolute Gasteiger partial charge is 0.330 e. The van der Waals surface area contributed by atoms with Crippen molar-refractivity contribution in [3.63, 3.8) is 0 Å². The van der Waals surface area contributed by atoms with Gasteiger partial charge in [-0.3, -0.25) is 0 Å². The lowest BCUT2D eigenvalue weighted by Gasteiger charge is -2.20. The Hall–Kier alpha value is -0.340. The summed E-state index contributed by atoms with van der Waals surface area (Å²) in [7, 11) is 4.16. The zero-order valence-electron chi connectivity index (χ0n) is 7.71. The number of unbranched alkanes of at least 4 members (excludes halogenated alkanes) is 1. The van der Waals surface area contributed by atoms with Gasteiger partial charge in [0.05, 0.1) is 0 Å². The second-order valence-corrected chi connectivity index (χ2v) is 3.05. The van der Waals surface area contributed by atoms with E-state index in [0.717, 1.165) is 13.0 Å². The maximum atomic E-state index is 5.39. The van der Waals surface area contributed by atoms with Crippen molar-refractivity contribution < 1.29 is 0 Å². The van der Waals surface area contributed by atoms with Crippen LogP contribution in [0.4, 0.5) is 0 Å². The smallest absolute Gasteiger partial charge is 0.0269 e. The number of hydrogen-bond donors (Lipinski definition) is 1. The Morgan fingerprint density at radius 2 is 2.09 bits per heavy atom. The van der Waals surface area contributed by atoms with Gasteiger partial charge in [-0.05, 0) is 33.5 Å². The van der Waals surface area contributed by atoms with Gasteiger partial charge in [0, 0.05) is 6.04 Å². The van der Waals surface area contributed by atoms with Gasteiger partial charge in [-0.1, -0.05) is 12.5 Å². The molecule has 0 aromatic carbocycles. The highest BCUT2D eigenvalue weighted by atomic mass is 15.1. The molecule has 1 unspecified atom stereocenters. The van der Waals surface area contributed by atoms with Gasteiger partial charge in [0.2, 0.25) is 0 Å². The first-order valence-electron chi connectivity index (χ1n) is 4.21. The Balaban J connectivity index is 3.44. The molecule has 11 heavy (non-hydrogen) atoms. The molecule has 0 bridgehead atoms. The summed E-state index contributed by atoms with van der Waals surface area (Å²) in [5, 5.41) is 0. The van der Waals surface area contributed by atoms with E-state index in [2.05, 4.69) is 25.6 Å². The molecular weight excluding hydrogens is 136 g/mol. The Morgan fingerprint density at radius 1 is 1.45 bits per heavy atom. The van der Waals surface area contributed by atoms with Gasteiger partial charge in [0.25, 0.3) is 0 Å². The van der Waals surface area contributed by atoms with Crippen LogP contribution in [0.1, 0.15) is 19.3 Å². The summed E-state index contributed by atoms with van der Waals surface area (Å²) in [4.78, 5) is 2.18. The molecule has 66 valence electrons. The number of hydrogen-bond acceptors (Lipinski definition) is 2. The first kappa shape index (κ1) is 10.7. The minimum atomic E-state index is 0.515. The third-order valence-corrected chi connectivity index (χ3v) is 1.89. The van der Waals surface area contributed by atoms with E-state index in [9.17, 15) is 0 Å². The minimum absolute atomic E-state index is 0.515. The van der Waals surface area contributed by atoms with Crippen LogP contribution >= 0.6 is 0 Å². The highest BCUT2D eigenvalue weighted by molar-refractivity contribution is 4.84. The molecule has 0 saturated carbocycles. The zero-order valence-corrected chi connectivity index (χ0v) is 7.71. The highest BCUT2D eigenvalue weighted by Crippen LogP contribution is 2.05. The van der Waals surface area contributed by atoms with E-state index in [-0.39, 0.29) is 0 Å². The highest BCUT2D eigenvalue weighted by Gasteiger charge is 2.04. The van der Waals surface area contributed by atoms with Crippen LogP contribution in [0.5, 0.6) is 0 Å². The van der Waals surface area contributed by atoms with Gasteiger partial charge in [0.15, 0.2) is 0 Å². The standard InChI is InChI=1S/C9H20N2/c1-4-9(11(2)3)7-5-6-8-10/h4,9H,1,5-8,10H2,2-3H3. The molecule has 0 saturated heterocycles. The summed E-state index contributed by atoms with van der Waals surface area (Å²) in [5.74, 6) is 0. The molecule has 1 atom stereocenters. The van der Waals surface area contributed by atoms with E-state index >= 15 is 0 Å². The summed E-state index contributed by atoms with van der Waals surface area (Å²) in [6.45, 7) is 4.59. The van der Waals surface area contributed by atoms with Crippen molar-refractivity contribution in [2.24, 2.45) is 5.73 Å². The molecule has 0 aliphatic heterocycles. The van der Waals surface area contributed by atoms with E-state index in [1.54, 1.807) is 0 Å². The molecule has 0 rings (SSSR count). The lowest BCUT2D eigenvalue weighted by molar-refractivity contribution is 0.321. The summed E-state index contributed by atoms with van der Waals surface area (Å²) >= 11 is 0. The van der Waals surface area contributed by atoms with E-state index < -0.39 is 0 Å². The quantitative estimate of drug-likeness (QED) is 0.463. The molecular formula is C9H20N2. The van der Waals surface area contributed by atoms with Crippen molar-refractivity contribution in [3.8, 4) is 0 Å². The van der Waals surface area contributed by atoms with Gasteiger partial charge < -0.3 is 10.6 Å². The van der Waals surface area contributed by atoms with Crippen molar-refractivity contribution >= 4 is 0 Å². The van der Waals surface area contributed by atoms with Gasteiger partial charge in [-0.15, -0.1) is 6.58 Å². The fourth-order valence-electron chi connectivity index (χ4n) is 1.08. The van der Waals surface area contributed by atoms with E-state index in [0.29, 0.717) is 6.04 Å². The lowest BCUT2D eigenvalue weighted by Crippen LogP contribution is -2.25. The molecule has 2 nitrogen and oxygen atoms in total. The second kappa shape index (κ2) is 6.38. The van der Waals surface area contributed by atoms with Crippen molar-refractivity contribution in [3.05, 3.63) is 12.7 Å². The van der Waals surface area contributed by atoms with Gasteiger partial charge in [-0.2, -0.15) is 0 Å². The van der Waals surface area contributed by atoms with Crippen LogP contribution in [-0.2, 0) is 0 Å². The van der Waals surface area contributed by atoms with Crippen molar-refractivity contribution in [2.45, 2.75) is 25.3 Å². The zero-order chi connectivity index (χ0) is 8.69. The summed E-state index contributed by atoms with van der Waals surface area (Å²) < 4.78 is 0. The first-order valence-corrected chi connectivity index (χ1v) is 4.21. The Bertz CT molecular complexity index is 99.7. The van der Waals surface area contributed by atoms with Crippen molar-refractivity contribution in [1.29, 1.82) is 0 Å². The maximum absolute atomic E-state index is 5.39. The van der Waals surface area contributed by atoms with Gasteiger partial charge in [0.1, 0.15) is 0 Å². The lowest BCUT2D eigenvalue weighted by atomic mass is 10.1. The average Bonchev–Trinajstić information content (AvgIpc) is 1.97. The number of rotatable bonds is 6. The van der Waals surface area contributed by atoms with Crippen LogP contribution in [0.15, 0.2) is 12.7 Å². The fourth-order valence-corrected chi connectivity index (χ4v) is 1.08. The third-order valence-electron chi connectivity index (χ3n) is 1.89. The molecule has 0 amide bonds. The van der Waals surface area contributed by atoms with Crippen LogP contribution in [0.25, 0.3) is 0 Å². The predicted molar refractivity (Wildman–Crippen MR) is 50.6 cm³/mol. The third kappa shape index (κ3) is 4.99. The number of likely N-dealkylation sites (N-methyl/N-ethyl adjacent to an activating group) is 1. The molecule has 0 fully saturated rings. The van der Waals surface area contributed by atoms with Crippen LogP contribution in [0, 0.1) is 0 Å². The maximum Gasteiger partial charge on any atom is 0.0269 e. The Labute approximate surface area is 70.1 Å². The summed E-state index contributed by atoms with van der Waals surface area (Å²) in [6.07, 6.45) is 5.49. The summed E-state index contributed by atoms with van der Waals surface area (Å²) in [5.41, 5.74) is 5.39. The van der Waals surface area contributed by atoms with Gasteiger partial charge in [-0.25, -0.2) is 0 Å². The van der Waals surface area contributed by atoms with Crippen LogP contribution in [0.3, 0.4) is 0 Å². The fraction of sp³-hybridized carbons (Fsp3) is 0.778. The van der Waals surface area contributed by atoms with Crippen molar-refractivity contribution in [2.75, 3.05) is 20.6 Å². The molecule has 0 aliphatic rings. The monoisotopic (exact) mass is 156 g/mol. The molecule has 2 N–H and O–H groups in total. The molecule has 0 heterocycles. The topological polar surface area (TPSA) is 29.3 Å². The molecule has 0 spiro atoms. The van der Waals surface area contributed by atoms with E-state index in [1.165, 1.54) is 12.8 Å². The first-order chi connectivity index (χ1) is 5.22. The molecule has 0 radical (unpaired) electrons. The van der Waals surface area contributed by atoms with Gasteiger partial charge >= 0.3 is 0 Å². The Morgan fingerprint density at radius 3 is 2.45 bits per heavy atom. The number of nitrogens with two attached hydrogens (primary N) is 1. The Kier molecular flexibility index (Phi) is 6.18. The number of nitrogens with zero attached hydrogens (tertiary/aromatic N) is 1. The SMILES string of the molecule is C=CC(CCCCN)N(C)C. The van der Waals surface area contributed by atoms with Crippen LogP contribution < -0.4 is 5.73 Å². The predicted octanol–water partition coefficient (Wildman–Crippen LogP) is 1.23. The second-order valence-electron chi connectivity index (χ2n) is 3.05. The summed E-state index contributed by atoms with van der Waals surface area (Å²) in [6, 6.07) is 0.515. The average molecular weight is 156 g/mol. The molecule has 0 aliphatic carbocycles. The molecule has 2 heteroatoms. The van der Waals surface area contributed by atoms with Crippen LogP contribution in [-0.4, -0.2) is 31.6 Å². The van der Waals surface area contributed by atoms with E-state index in [4.69, 9.17) is 5.73 Å².